The average Bonchev–Trinajstić information content (AvgIpc) is 3.14. The molecular weight excluding hydrogens is 321 g/mol. The molecule has 0 saturated carbocycles. The Morgan fingerprint density at radius 3 is 2.68 bits per heavy atom. The summed E-state index contributed by atoms with van der Waals surface area (Å²) in [5.74, 6) is -0.562. The van der Waals surface area contributed by atoms with E-state index in [0.29, 0.717) is 11.4 Å². The Morgan fingerprint density at radius 2 is 2.04 bits per heavy atom. The average molecular weight is 345 g/mol. The van der Waals surface area contributed by atoms with Crippen molar-refractivity contribution < 1.29 is 14.3 Å². The van der Waals surface area contributed by atoms with Gasteiger partial charge in [0.2, 0.25) is 0 Å². The molecule has 25 heavy (non-hydrogen) atoms. The molecule has 1 aliphatic rings. The maximum absolute atomic E-state index is 14.2. The highest BCUT2D eigenvalue weighted by Gasteiger charge is 2.31. The molecule has 0 saturated heterocycles. The first kappa shape index (κ1) is 17.6. The Morgan fingerprint density at radius 1 is 1.32 bits per heavy atom. The fourth-order valence-corrected chi connectivity index (χ4v) is 3.38. The van der Waals surface area contributed by atoms with Gasteiger partial charge in [0, 0.05) is 23.8 Å². The number of hydrogen-bond acceptors (Lipinski definition) is 3. The Balaban J connectivity index is 2.05. The normalized spacial score (nSPS) is 14.6. The number of aromatic nitrogens is 2. The Hall–Kier alpha value is -2.21. The molecule has 1 atom stereocenters. The van der Waals surface area contributed by atoms with Gasteiger partial charge >= 0.3 is 0 Å². The summed E-state index contributed by atoms with van der Waals surface area (Å²) in [7, 11) is 0. The minimum absolute atomic E-state index is 0.0576. The van der Waals surface area contributed by atoms with Crippen molar-refractivity contribution in [2.45, 2.75) is 52.2 Å². The van der Waals surface area contributed by atoms with Crippen LogP contribution in [0.15, 0.2) is 24.3 Å². The molecule has 5 nitrogen and oxygen atoms in total. The van der Waals surface area contributed by atoms with E-state index in [1.807, 2.05) is 13.8 Å². The molecule has 1 N–H and O–H groups in total. The molecule has 1 aliphatic carbocycles. The van der Waals surface area contributed by atoms with Crippen LogP contribution in [0.5, 0.6) is 0 Å². The van der Waals surface area contributed by atoms with E-state index in [1.54, 1.807) is 34.7 Å². The second kappa shape index (κ2) is 6.96. The molecule has 0 bridgehead atoms. The molecule has 1 aromatic heterocycles. The van der Waals surface area contributed by atoms with Crippen LogP contribution >= 0.6 is 0 Å². The molecule has 0 fully saturated rings. The van der Waals surface area contributed by atoms with Crippen LogP contribution in [0.3, 0.4) is 0 Å². The number of aliphatic hydroxyl groups excluding tert-OH is 1. The molecule has 1 aromatic carbocycles. The van der Waals surface area contributed by atoms with Crippen molar-refractivity contribution in [3.63, 3.8) is 0 Å². The highest BCUT2D eigenvalue weighted by molar-refractivity contribution is 5.94. The fourth-order valence-electron chi connectivity index (χ4n) is 3.38. The zero-order valence-electron chi connectivity index (χ0n) is 14.9. The minimum atomic E-state index is -0.618. The van der Waals surface area contributed by atoms with Crippen LogP contribution in [0.25, 0.3) is 5.69 Å². The van der Waals surface area contributed by atoms with Crippen molar-refractivity contribution in [3.8, 4) is 5.69 Å². The topological polar surface area (TPSA) is 58.4 Å². The number of nitrogens with zero attached hydrogens (tertiary/aromatic N) is 3. The van der Waals surface area contributed by atoms with Crippen molar-refractivity contribution in [2.75, 3.05) is 6.54 Å². The zero-order valence-corrected chi connectivity index (χ0v) is 14.9. The second-order valence-electron chi connectivity index (χ2n) is 6.89. The van der Waals surface area contributed by atoms with Gasteiger partial charge in [0.1, 0.15) is 11.5 Å². The Kier molecular flexibility index (Phi) is 4.90. The molecule has 1 amide bonds. The Labute approximate surface area is 147 Å². The zero-order chi connectivity index (χ0) is 18.1. The van der Waals surface area contributed by atoms with E-state index in [9.17, 15) is 14.3 Å². The molecule has 2 aromatic rings. The number of aliphatic hydroxyl groups is 1. The van der Waals surface area contributed by atoms with Crippen molar-refractivity contribution in [3.05, 3.63) is 47.0 Å². The molecule has 0 spiro atoms. The highest BCUT2D eigenvalue weighted by atomic mass is 19.1. The number of hydrogen-bond donors (Lipinski definition) is 1. The van der Waals surface area contributed by atoms with Gasteiger partial charge in [-0.3, -0.25) is 4.79 Å². The summed E-state index contributed by atoms with van der Waals surface area (Å²) in [6, 6.07) is 6.41. The maximum atomic E-state index is 14.2. The summed E-state index contributed by atoms with van der Waals surface area (Å²) in [6.45, 7) is 5.73. The lowest BCUT2D eigenvalue weighted by molar-refractivity contribution is 0.0571. The minimum Gasteiger partial charge on any atom is -0.392 e. The summed E-state index contributed by atoms with van der Waals surface area (Å²) in [4.78, 5) is 14.7. The molecule has 6 heteroatoms. The molecule has 1 unspecified atom stereocenters. The van der Waals surface area contributed by atoms with E-state index in [2.05, 4.69) is 5.10 Å². The van der Waals surface area contributed by atoms with Gasteiger partial charge in [0.15, 0.2) is 5.69 Å². The molecule has 0 radical (unpaired) electrons. The molecular formula is C19H24FN3O2. The second-order valence-corrected chi connectivity index (χ2v) is 6.89. The quantitative estimate of drug-likeness (QED) is 0.906. The van der Waals surface area contributed by atoms with E-state index >= 15 is 0 Å². The van der Waals surface area contributed by atoms with Crippen molar-refractivity contribution in [1.82, 2.24) is 14.7 Å². The van der Waals surface area contributed by atoms with Crippen LogP contribution in [0, 0.1) is 5.82 Å². The van der Waals surface area contributed by atoms with Crippen LogP contribution in [-0.4, -0.2) is 44.4 Å². The summed E-state index contributed by atoms with van der Waals surface area (Å²) in [5.41, 5.74) is 2.56. The predicted molar refractivity (Wildman–Crippen MR) is 93.4 cm³/mol. The van der Waals surface area contributed by atoms with Gasteiger partial charge in [-0.2, -0.15) is 5.10 Å². The molecule has 1 heterocycles. The van der Waals surface area contributed by atoms with E-state index in [4.69, 9.17) is 0 Å². The number of fused-ring (bicyclic) bond motifs is 1. The molecule has 0 aliphatic heterocycles. The number of halogens is 1. The SMILES string of the molecule is CC(O)CN(C(=O)c1nn(-c2ccccc2F)c2c1CCC2)C(C)C. The number of rotatable bonds is 5. The van der Waals surface area contributed by atoms with Crippen LogP contribution < -0.4 is 0 Å². The summed E-state index contributed by atoms with van der Waals surface area (Å²) in [6.07, 6.45) is 1.86. The first-order chi connectivity index (χ1) is 11.9. The maximum Gasteiger partial charge on any atom is 0.274 e. The highest BCUT2D eigenvalue weighted by Crippen LogP contribution is 2.29. The Bertz CT molecular complexity index is 783. The predicted octanol–water partition coefficient (Wildman–Crippen LogP) is 2.73. The van der Waals surface area contributed by atoms with Crippen LogP contribution in [0.4, 0.5) is 4.39 Å². The van der Waals surface area contributed by atoms with Gasteiger partial charge in [-0.25, -0.2) is 9.07 Å². The fraction of sp³-hybridized carbons (Fsp3) is 0.474. The van der Waals surface area contributed by atoms with Gasteiger partial charge < -0.3 is 10.0 Å². The molecule has 134 valence electrons. The lowest BCUT2D eigenvalue weighted by atomic mass is 10.1. The number of para-hydroxylation sites is 1. The van der Waals surface area contributed by atoms with Gasteiger partial charge in [0.05, 0.1) is 6.10 Å². The standard InChI is InChI=1S/C19H24FN3O2/c1-12(2)22(11-13(3)24)19(25)18-14-7-6-10-16(14)23(21-18)17-9-5-4-8-15(17)20/h4-5,8-9,12-13,24H,6-7,10-11H2,1-3H3. The third-order valence-electron chi connectivity index (χ3n) is 4.56. The number of benzene rings is 1. The number of carbonyl (C=O) groups is 1. The van der Waals surface area contributed by atoms with E-state index in [-0.39, 0.29) is 24.3 Å². The lowest BCUT2D eigenvalue weighted by Crippen LogP contribution is -2.42. The van der Waals surface area contributed by atoms with E-state index in [0.717, 1.165) is 30.5 Å². The summed E-state index contributed by atoms with van der Waals surface area (Å²) >= 11 is 0. The lowest BCUT2D eigenvalue weighted by Gasteiger charge is -2.27. The first-order valence-electron chi connectivity index (χ1n) is 8.74. The van der Waals surface area contributed by atoms with E-state index in [1.165, 1.54) is 6.07 Å². The van der Waals surface area contributed by atoms with Crippen molar-refractivity contribution >= 4 is 5.91 Å². The van der Waals surface area contributed by atoms with Gasteiger partial charge in [-0.05, 0) is 52.2 Å². The third-order valence-corrected chi connectivity index (χ3v) is 4.56. The first-order valence-corrected chi connectivity index (χ1v) is 8.74. The van der Waals surface area contributed by atoms with Crippen LogP contribution in [0.1, 0.15) is 48.9 Å². The summed E-state index contributed by atoms with van der Waals surface area (Å²) in [5, 5.41) is 14.2. The van der Waals surface area contributed by atoms with Crippen LogP contribution in [0.2, 0.25) is 0 Å². The third kappa shape index (κ3) is 3.31. The number of carbonyl (C=O) groups excluding carboxylic acids is 1. The monoisotopic (exact) mass is 345 g/mol. The van der Waals surface area contributed by atoms with Gasteiger partial charge in [-0.1, -0.05) is 12.1 Å². The molecule has 3 rings (SSSR count). The van der Waals surface area contributed by atoms with E-state index < -0.39 is 6.10 Å². The van der Waals surface area contributed by atoms with Gasteiger partial charge in [-0.15, -0.1) is 0 Å². The van der Waals surface area contributed by atoms with Crippen molar-refractivity contribution in [1.29, 1.82) is 0 Å². The largest absolute Gasteiger partial charge is 0.392 e. The summed E-state index contributed by atoms with van der Waals surface area (Å²) < 4.78 is 15.8. The van der Waals surface area contributed by atoms with Gasteiger partial charge in [0.25, 0.3) is 5.91 Å². The number of amides is 1. The van der Waals surface area contributed by atoms with Crippen LogP contribution in [-0.2, 0) is 12.8 Å². The van der Waals surface area contributed by atoms with Crippen molar-refractivity contribution in [2.24, 2.45) is 0 Å². The smallest absolute Gasteiger partial charge is 0.274 e.